The van der Waals surface area contributed by atoms with Gasteiger partial charge in [-0.2, -0.15) is 0 Å². The number of rotatable bonds is 1. The van der Waals surface area contributed by atoms with E-state index in [9.17, 15) is 0 Å². The van der Waals surface area contributed by atoms with Crippen LogP contribution in [0.5, 0.6) is 0 Å². The summed E-state index contributed by atoms with van der Waals surface area (Å²) >= 11 is 0. The van der Waals surface area contributed by atoms with Gasteiger partial charge in [0.2, 0.25) is 0 Å². The largest absolute Gasteiger partial charge is 1.00 e. The Morgan fingerprint density at radius 2 is 2.44 bits per heavy atom. The second-order valence-electron chi connectivity index (χ2n) is 1.68. The number of ether oxygens (including phenoxy) is 2. The summed E-state index contributed by atoms with van der Waals surface area (Å²) in [5, 5.41) is 0. The molecule has 3 heteroatoms. The van der Waals surface area contributed by atoms with Crippen molar-refractivity contribution < 1.29 is 28.3 Å². The molecule has 0 atom stereocenters. The van der Waals surface area contributed by atoms with Crippen LogP contribution in [0.15, 0.2) is 5.76 Å². The van der Waals surface area contributed by atoms with Gasteiger partial charge in [0.25, 0.3) is 0 Å². The van der Waals surface area contributed by atoms with Crippen molar-refractivity contribution in [2.24, 2.45) is 0 Å². The van der Waals surface area contributed by atoms with Gasteiger partial charge < -0.3 is 9.47 Å². The average Bonchev–Trinajstić information content (AvgIpc) is 1.90. The van der Waals surface area contributed by atoms with E-state index in [1.807, 2.05) is 0 Å². The molecule has 0 unspecified atom stereocenters. The van der Waals surface area contributed by atoms with Gasteiger partial charge in [-0.15, -0.1) is 0 Å². The molecule has 1 aliphatic rings. The number of hydrogen-bond donors (Lipinski definition) is 0. The van der Waals surface area contributed by atoms with Gasteiger partial charge in [0, 0.05) is 6.61 Å². The van der Waals surface area contributed by atoms with Crippen LogP contribution in [-0.4, -0.2) is 13.7 Å². The molecule has 0 N–H and O–H groups in total. The van der Waals surface area contributed by atoms with E-state index in [0.29, 0.717) is 0 Å². The quantitative estimate of drug-likeness (QED) is 0.297. The number of hydrogen-bond acceptors (Lipinski definition) is 2. The Morgan fingerprint density at radius 1 is 1.67 bits per heavy atom. The van der Waals surface area contributed by atoms with Gasteiger partial charge in [-0.1, -0.05) is 0 Å². The third-order valence-corrected chi connectivity index (χ3v) is 1.08. The fourth-order valence-electron chi connectivity index (χ4n) is 0.631. The van der Waals surface area contributed by atoms with Crippen LogP contribution in [0.3, 0.4) is 0 Å². The molecule has 1 heterocycles. The summed E-state index contributed by atoms with van der Waals surface area (Å²) in [5.74, 6) is 0.830. The first-order valence-corrected chi connectivity index (χ1v) is 2.71. The summed E-state index contributed by atoms with van der Waals surface area (Å²) in [6.45, 7) is 0.785. The van der Waals surface area contributed by atoms with Crippen LogP contribution in [0.1, 0.15) is 12.8 Å². The summed E-state index contributed by atoms with van der Waals surface area (Å²) in [6, 6.07) is 0. The number of allylic oxidation sites excluding steroid dienone is 1. The monoisotopic (exact) mass is 120 g/mol. The maximum atomic E-state index is 4.87. The first-order chi connectivity index (χ1) is 3.93. The maximum absolute atomic E-state index is 4.87. The second kappa shape index (κ2) is 4.78. The van der Waals surface area contributed by atoms with Crippen molar-refractivity contribution in [3.8, 4) is 0 Å². The smallest absolute Gasteiger partial charge is 0.690 e. The minimum Gasteiger partial charge on any atom is -0.690 e. The standard InChI is InChI=1S/C6H9O2.Li/c1-7-6-3-2-4-8-5-6;/h2-4H2,1H3;/q-1;+1. The summed E-state index contributed by atoms with van der Waals surface area (Å²) in [5.41, 5.74) is 0. The predicted octanol–water partition coefficient (Wildman–Crippen LogP) is -1.91. The zero-order valence-electron chi connectivity index (χ0n) is 5.94. The second-order valence-corrected chi connectivity index (χ2v) is 1.68. The van der Waals surface area contributed by atoms with Crippen LogP contribution < -0.4 is 18.9 Å². The van der Waals surface area contributed by atoms with Crippen molar-refractivity contribution in [3.63, 3.8) is 0 Å². The minimum atomic E-state index is 0. The third kappa shape index (κ3) is 2.83. The Bertz CT molecular complexity index is 101. The van der Waals surface area contributed by atoms with E-state index >= 15 is 0 Å². The molecule has 0 aromatic heterocycles. The molecule has 0 saturated carbocycles. The van der Waals surface area contributed by atoms with Gasteiger partial charge in [0.1, 0.15) is 0 Å². The van der Waals surface area contributed by atoms with Gasteiger partial charge in [0.05, 0.1) is 7.11 Å². The molecule has 1 rings (SSSR count). The van der Waals surface area contributed by atoms with E-state index in [1.54, 1.807) is 7.11 Å². The fraction of sp³-hybridized carbons (Fsp3) is 0.667. The molecule has 0 bridgehead atoms. The van der Waals surface area contributed by atoms with E-state index in [-0.39, 0.29) is 18.9 Å². The van der Waals surface area contributed by atoms with Crippen LogP contribution in [0.2, 0.25) is 0 Å². The van der Waals surface area contributed by atoms with Crippen LogP contribution in [-0.2, 0) is 9.47 Å². The maximum Gasteiger partial charge on any atom is 1.00 e. The fourth-order valence-corrected chi connectivity index (χ4v) is 0.631. The topological polar surface area (TPSA) is 18.5 Å². The molecule has 1 aliphatic heterocycles. The van der Waals surface area contributed by atoms with Crippen molar-refractivity contribution >= 4 is 0 Å². The molecule has 0 aromatic rings. The van der Waals surface area contributed by atoms with Crippen LogP contribution in [0.4, 0.5) is 0 Å². The van der Waals surface area contributed by atoms with Crippen molar-refractivity contribution in [2.75, 3.05) is 13.7 Å². The van der Waals surface area contributed by atoms with Crippen LogP contribution >= 0.6 is 0 Å². The van der Waals surface area contributed by atoms with Crippen molar-refractivity contribution in [1.29, 1.82) is 0 Å². The Labute approximate surface area is 67.4 Å². The minimum absolute atomic E-state index is 0. The third-order valence-electron chi connectivity index (χ3n) is 1.08. The Kier molecular flexibility index (Phi) is 4.75. The van der Waals surface area contributed by atoms with E-state index < -0.39 is 0 Å². The summed E-state index contributed by atoms with van der Waals surface area (Å²) < 4.78 is 9.73. The molecule has 0 radical (unpaired) electrons. The first kappa shape index (κ1) is 8.94. The molecular weight excluding hydrogens is 111 g/mol. The molecule has 0 fully saturated rings. The first-order valence-electron chi connectivity index (χ1n) is 2.71. The molecule has 0 amide bonds. The molecule has 0 saturated heterocycles. The molecule has 9 heavy (non-hydrogen) atoms. The zero-order valence-corrected chi connectivity index (χ0v) is 5.94. The number of methoxy groups -OCH3 is 1. The normalized spacial score (nSPS) is 16.8. The Hall–Kier alpha value is -0.0626. The van der Waals surface area contributed by atoms with Gasteiger partial charge in [-0.05, 0) is 18.6 Å². The van der Waals surface area contributed by atoms with Crippen molar-refractivity contribution in [2.45, 2.75) is 12.8 Å². The van der Waals surface area contributed by atoms with Crippen LogP contribution in [0.25, 0.3) is 0 Å². The summed E-state index contributed by atoms with van der Waals surface area (Å²) in [7, 11) is 1.64. The zero-order chi connectivity index (χ0) is 5.82. The van der Waals surface area contributed by atoms with Gasteiger partial charge >= 0.3 is 18.9 Å². The SMILES string of the molecule is COC1=[C-]OCCC1.[Li+]. The molecule has 0 spiro atoms. The van der Waals surface area contributed by atoms with Gasteiger partial charge in [-0.3, -0.25) is 6.26 Å². The molecule has 46 valence electrons. The molecule has 0 aliphatic carbocycles. The van der Waals surface area contributed by atoms with E-state index in [1.165, 1.54) is 0 Å². The van der Waals surface area contributed by atoms with E-state index in [2.05, 4.69) is 6.26 Å². The van der Waals surface area contributed by atoms with E-state index in [4.69, 9.17) is 9.47 Å². The van der Waals surface area contributed by atoms with Crippen LogP contribution in [0, 0.1) is 6.26 Å². The average molecular weight is 120 g/mol. The van der Waals surface area contributed by atoms with Gasteiger partial charge in [0.15, 0.2) is 0 Å². The molecular formula is C6H9LiO2. The molecule has 0 aromatic carbocycles. The van der Waals surface area contributed by atoms with Crippen molar-refractivity contribution in [3.05, 3.63) is 12.0 Å². The van der Waals surface area contributed by atoms with Crippen molar-refractivity contribution in [1.82, 2.24) is 0 Å². The summed E-state index contributed by atoms with van der Waals surface area (Å²) in [4.78, 5) is 0. The predicted molar refractivity (Wildman–Crippen MR) is 29.0 cm³/mol. The van der Waals surface area contributed by atoms with E-state index in [0.717, 1.165) is 25.2 Å². The van der Waals surface area contributed by atoms with Gasteiger partial charge in [-0.25, -0.2) is 0 Å². The summed E-state index contributed by atoms with van der Waals surface area (Å²) in [6.07, 6.45) is 4.68. The Balaban J connectivity index is 0.000000640. The Morgan fingerprint density at radius 3 is 2.78 bits per heavy atom. The molecule has 2 nitrogen and oxygen atoms in total.